The molecular formula is C17H26O2S. The van der Waals surface area contributed by atoms with Crippen LogP contribution in [0.3, 0.4) is 0 Å². The molecule has 0 saturated heterocycles. The first kappa shape index (κ1) is 18.8. The normalized spacial score (nSPS) is 14.2. The van der Waals surface area contributed by atoms with Crippen LogP contribution in [0, 0.1) is 5.41 Å². The van der Waals surface area contributed by atoms with Crippen molar-refractivity contribution >= 4 is 23.9 Å². The van der Waals surface area contributed by atoms with E-state index in [1.165, 1.54) is 11.8 Å². The Balaban J connectivity index is 0.000000829. The van der Waals surface area contributed by atoms with E-state index >= 15 is 0 Å². The lowest BCUT2D eigenvalue weighted by atomic mass is 9.93. The first-order valence-corrected chi connectivity index (χ1v) is 8.35. The lowest BCUT2D eigenvalue weighted by Crippen LogP contribution is -2.05. The lowest BCUT2D eigenvalue weighted by Gasteiger charge is -2.11. The molecule has 0 bridgehead atoms. The number of thioether (sulfide) groups is 1. The van der Waals surface area contributed by atoms with Crippen LogP contribution < -0.4 is 5.43 Å². The van der Waals surface area contributed by atoms with E-state index in [2.05, 4.69) is 13.8 Å². The molecule has 1 aromatic heterocycles. The summed E-state index contributed by atoms with van der Waals surface area (Å²) in [6, 6.07) is 1.54. The van der Waals surface area contributed by atoms with Crippen LogP contribution in [0.2, 0.25) is 0 Å². The molecule has 2 nitrogen and oxygen atoms in total. The summed E-state index contributed by atoms with van der Waals surface area (Å²) in [7, 11) is 0. The van der Waals surface area contributed by atoms with E-state index in [1.807, 2.05) is 58.3 Å². The fourth-order valence-electron chi connectivity index (χ4n) is 1.53. The van der Waals surface area contributed by atoms with E-state index in [1.54, 1.807) is 6.07 Å². The minimum absolute atomic E-state index is 0.0178. The van der Waals surface area contributed by atoms with E-state index in [9.17, 15) is 4.79 Å². The van der Waals surface area contributed by atoms with Crippen molar-refractivity contribution in [2.45, 2.75) is 46.6 Å². The number of allylic oxidation sites excluding steroid dienone is 2. The second-order valence-electron chi connectivity index (χ2n) is 4.40. The molecule has 0 aromatic carbocycles. The molecule has 0 unspecified atom stereocenters. The van der Waals surface area contributed by atoms with Gasteiger partial charge in [0, 0.05) is 11.5 Å². The van der Waals surface area contributed by atoms with Crippen LogP contribution in [0.4, 0.5) is 0 Å². The third kappa shape index (κ3) is 5.04. The Morgan fingerprint density at radius 3 is 2.15 bits per heavy atom. The monoisotopic (exact) mass is 294 g/mol. The van der Waals surface area contributed by atoms with Gasteiger partial charge in [-0.15, -0.1) is 0 Å². The molecule has 112 valence electrons. The van der Waals surface area contributed by atoms with Crippen molar-refractivity contribution in [3.8, 4) is 0 Å². The van der Waals surface area contributed by atoms with Crippen molar-refractivity contribution in [3.05, 3.63) is 39.8 Å². The fourth-order valence-corrected chi connectivity index (χ4v) is 1.93. The van der Waals surface area contributed by atoms with Gasteiger partial charge in [0.05, 0.1) is 5.56 Å². The molecule has 0 spiro atoms. The number of hydrogen-bond donors (Lipinski definition) is 0. The minimum atomic E-state index is -0.0412. The summed E-state index contributed by atoms with van der Waals surface area (Å²) in [5.41, 5.74) is 0.615. The molecule has 2 rings (SSSR count). The van der Waals surface area contributed by atoms with Crippen LogP contribution in [-0.4, -0.2) is 6.26 Å². The predicted molar refractivity (Wildman–Crippen MR) is 91.3 cm³/mol. The molecule has 1 aliphatic carbocycles. The highest BCUT2D eigenvalue weighted by Gasteiger charge is 2.16. The molecule has 1 aliphatic rings. The third-order valence-electron chi connectivity index (χ3n) is 2.54. The summed E-state index contributed by atoms with van der Waals surface area (Å²) in [5, 5.41) is 0.654. The van der Waals surface area contributed by atoms with Gasteiger partial charge in [0.15, 0.2) is 10.5 Å². The Labute approximate surface area is 127 Å². The molecule has 0 aliphatic heterocycles. The van der Waals surface area contributed by atoms with Gasteiger partial charge in [0.25, 0.3) is 0 Å². The Kier molecular flexibility index (Phi) is 8.31. The molecule has 0 N–H and O–H groups in total. The largest absolute Gasteiger partial charge is 0.450 e. The van der Waals surface area contributed by atoms with Crippen molar-refractivity contribution in [2.75, 3.05) is 6.26 Å². The molecule has 20 heavy (non-hydrogen) atoms. The van der Waals surface area contributed by atoms with Crippen molar-refractivity contribution in [1.29, 1.82) is 0 Å². The molecule has 0 amide bonds. The van der Waals surface area contributed by atoms with Gasteiger partial charge < -0.3 is 4.42 Å². The first-order chi connectivity index (χ1) is 9.52. The van der Waals surface area contributed by atoms with Crippen molar-refractivity contribution in [3.63, 3.8) is 0 Å². The second-order valence-corrected chi connectivity index (χ2v) is 5.21. The van der Waals surface area contributed by atoms with Gasteiger partial charge in [-0.05, 0) is 12.3 Å². The highest BCUT2D eigenvalue weighted by Crippen LogP contribution is 2.27. The molecular weight excluding hydrogens is 268 g/mol. The SMILES string of the molecule is CC.CC.CSc1cc(=O)c2c(o1)C=CC(C)(C)C=C2. The zero-order valence-electron chi connectivity index (χ0n) is 13.6. The minimum Gasteiger partial charge on any atom is -0.450 e. The highest BCUT2D eigenvalue weighted by molar-refractivity contribution is 7.98. The van der Waals surface area contributed by atoms with Gasteiger partial charge in [-0.2, -0.15) is 0 Å². The van der Waals surface area contributed by atoms with Crippen LogP contribution in [-0.2, 0) is 0 Å². The van der Waals surface area contributed by atoms with Crippen LogP contribution in [0.15, 0.2) is 32.5 Å². The van der Waals surface area contributed by atoms with Gasteiger partial charge >= 0.3 is 0 Å². The van der Waals surface area contributed by atoms with Gasteiger partial charge in [0.2, 0.25) is 0 Å². The number of rotatable bonds is 1. The zero-order valence-corrected chi connectivity index (χ0v) is 14.4. The second kappa shape index (κ2) is 8.85. The third-order valence-corrected chi connectivity index (χ3v) is 3.14. The molecule has 0 saturated carbocycles. The van der Waals surface area contributed by atoms with Crippen molar-refractivity contribution in [1.82, 2.24) is 0 Å². The Morgan fingerprint density at radius 2 is 1.60 bits per heavy atom. The first-order valence-electron chi connectivity index (χ1n) is 7.12. The van der Waals surface area contributed by atoms with Gasteiger partial charge in [-0.3, -0.25) is 4.79 Å². The summed E-state index contributed by atoms with van der Waals surface area (Å²) < 4.78 is 5.63. The number of hydrogen-bond acceptors (Lipinski definition) is 3. The average Bonchev–Trinajstić information content (AvgIpc) is 2.62. The van der Waals surface area contributed by atoms with Crippen LogP contribution in [0.1, 0.15) is 52.9 Å². The quantitative estimate of drug-likeness (QED) is 0.642. The van der Waals surface area contributed by atoms with Crippen LogP contribution in [0.5, 0.6) is 0 Å². The standard InChI is InChI=1S/C13H14O2S.2C2H6/c1-13(2)6-4-9-10(14)8-12(16-3)15-11(9)5-7-13;2*1-2/h4-8H,1-3H3;2*1-2H3. The molecule has 0 fully saturated rings. The van der Waals surface area contributed by atoms with Gasteiger partial charge in [0.1, 0.15) is 5.76 Å². The topological polar surface area (TPSA) is 30.2 Å². The summed E-state index contributed by atoms with van der Waals surface area (Å²) >= 11 is 1.44. The fraction of sp³-hybridized carbons (Fsp3) is 0.471. The Hall–Kier alpha value is -1.22. The zero-order chi connectivity index (χ0) is 15.8. The van der Waals surface area contributed by atoms with Gasteiger partial charge in [-0.25, -0.2) is 0 Å². The summed E-state index contributed by atoms with van der Waals surface area (Å²) in [5.74, 6) is 0.652. The van der Waals surface area contributed by atoms with Crippen molar-refractivity contribution in [2.24, 2.45) is 5.41 Å². The molecule has 1 aromatic rings. The van der Waals surface area contributed by atoms with E-state index in [0.717, 1.165) is 0 Å². The maximum absolute atomic E-state index is 11.8. The molecule has 0 atom stereocenters. The predicted octanol–water partition coefficient (Wildman–Crippen LogP) is 5.48. The number of fused-ring (bicyclic) bond motifs is 1. The molecule has 1 heterocycles. The Bertz CT molecular complexity index is 522. The highest BCUT2D eigenvalue weighted by atomic mass is 32.2. The van der Waals surface area contributed by atoms with Crippen LogP contribution >= 0.6 is 11.8 Å². The molecule has 0 radical (unpaired) electrons. The molecule has 3 heteroatoms. The van der Waals surface area contributed by atoms with E-state index in [0.29, 0.717) is 16.4 Å². The van der Waals surface area contributed by atoms with Crippen LogP contribution in [0.25, 0.3) is 12.2 Å². The van der Waals surface area contributed by atoms with Crippen molar-refractivity contribution < 1.29 is 4.42 Å². The maximum Gasteiger partial charge on any atom is 0.193 e. The smallest absolute Gasteiger partial charge is 0.193 e. The summed E-state index contributed by atoms with van der Waals surface area (Å²) in [6.45, 7) is 12.2. The van der Waals surface area contributed by atoms with E-state index < -0.39 is 0 Å². The maximum atomic E-state index is 11.8. The van der Waals surface area contributed by atoms with Gasteiger partial charge in [-0.1, -0.05) is 71.5 Å². The summed E-state index contributed by atoms with van der Waals surface area (Å²) in [6.07, 6.45) is 9.69. The van der Waals surface area contributed by atoms with E-state index in [-0.39, 0.29) is 10.8 Å². The summed E-state index contributed by atoms with van der Waals surface area (Å²) in [4.78, 5) is 11.8. The Morgan fingerprint density at radius 1 is 1.05 bits per heavy atom. The lowest BCUT2D eigenvalue weighted by molar-refractivity contribution is 0.444. The van der Waals surface area contributed by atoms with E-state index in [4.69, 9.17) is 4.42 Å². The average molecular weight is 294 g/mol.